The number of nitrogens with one attached hydrogen (secondary N) is 3. The molecule has 43 heavy (non-hydrogen) atoms. The Labute approximate surface area is 247 Å². The number of halogens is 3. The zero-order chi connectivity index (χ0) is 30.8. The van der Waals surface area contributed by atoms with E-state index in [4.69, 9.17) is 9.47 Å². The van der Waals surface area contributed by atoms with Crippen LogP contribution in [0, 0.1) is 0 Å². The van der Waals surface area contributed by atoms with Gasteiger partial charge in [-0.05, 0) is 41.0 Å². The monoisotopic (exact) mass is 589 g/mol. The second-order valence-electron chi connectivity index (χ2n) is 10.5. The predicted molar refractivity (Wildman–Crippen MR) is 158 cm³/mol. The van der Waals surface area contributed by atoms with Gasteiger partial charge in [-0.15, -0.1) is 0 Å². The van der Waals surface area contributed by atoms with E-state index in [1.54, 1.807) is 6.07 Å². The average Bonchev–Trinajstić information content (AvgIpc) is 3.22. The summed E-state index contributed by atoms with van der Waals surface area (Å²) in [7, 11) is 1.41. The van der Waals surface area contributed by atoms with E-state index < -0.39 is 23.1 Å². The summed E-state index contributed by atoms with van der Waals surface area (Å²) in [5, 5.41) is 9.02. The lowest BCUT2D eigenvalue weighted by molar-refractivity contribution is -0.137. The lowest BCUT2D eigenvalue weighted by atomic mass is 9.81. The molecule has 1 aromatic heterocycles. The van der Waals surface area contributed by atoms with Gasteiger partial charge >= 0.3 is 12.1 Å². The van der Waals surface area contributed by atoms with E-state index in [1.807, 2.05) is 62.4 Å². The van der Waals surface area contributed by atoms with Crippen molar-refractivity contribution in [3.8, 4) is 5.75 Å². The molecule has 1 aliphatic heterocycles. The third-order valence-electron chi connectivity index (χ3n) is 7.25. The summed E-state index contributed by atoms with van der Waals surface area (Å²) in [5.41, 5.74) is 3.47. The molecule has 11 heteroatoms. The van der Waals surface area contributed by atoms with Gasteiger partial charge in [0.2, 0.25) is 5.95 Å². The first kappa shape index (κ1) is 29.4. The van der Waals surface area contributed by atoms with Gasteiger partial charge < -0.3 is 25.4 Å². The summed E-state index contributed by atoms with van der Waals surface area (Å²) in [6.45, 7) is 8.29. The molecule has 1 aliphatic rings. The van der Waals surface area contributed by atoms with E-state index in [2.05, 4.69) is 32.5 Å². The SMILES string of the molecule is C=C1Nc2cccc(CNc3nc(Nc4ccc(C(=O)OCc5ccccc5)cc4OC)ncc3C(F)(F)F)c2C1(C)C. The van der Waals surface area contributed by atoms with Crippen LogP contribution in [-0.2, 0) is 29.5 Å². The van der Waals surface area contributed by atoms with Crippen molar-refractivity contribution in [1.29, 1.82) is 0 Å². The standard InChI is InChI=1S/C32H30F3N5O3/c1-19-31(2,3)27-22(11-8-12-25(27)38-19)16-36-28-23(32(33,34)35)17-37-30(40-28)39-24-14-13-21(15-26(24)42-4)29(41)43-18-20-9-6-5-7-10-20/h5-15,17,38H,1,16,18H2,2-4H3,(H2,36,37,39,40). The van der Waals surface area contributed by atoms with E-state index in [0.29, 0.717) is 5.69 Å². The van der Waals surface area contributed by atoms with Crippen molar-refractivity contribution in [3.05, 3.63) is 113 Å². The minimum Gasteiger partial charge on any atom is -0.495 e. The van der Waals surface area contributed by atoms with Gasteiger partial charge in [-0.2, -0.15) is 18.2 Å². The van der Waals surface area contributed by atoms with Crippen molar-refractivity contribution in [2.24, 2.45) is 0 Å². The molecule has 3 aromatic carbocycles. The Bertz CT molecular complexity index is 1670. The first-order chi connectivity index (χ1) is 20.5. The molecule has 0 aliphatic carbocycles. The number of fused-ring (bicyclic) bond motifs is 1. The molecule has 0 bridgehead atoms. The fourth-order valence-corrected chi connectivity index (χ4v) is 4.87. The zero-order valence-electron chi connectivity index (χ0n) is 23.8. The van der Waals surface area contributed by atoms with E-state index in [1.165, 1.54) is 19.2 Å². The minimum absolute atomic E-state index is 0.0875. The average molecular weight is 590 g/mol. The molecule has 0 spiro atoms. The van der Waals surface area contributed by atoms with Crippen molar-refractivity contribution in [2.75, 3.05) is 23.1 Å². The summed E-state index contributed by atoms with van der Waals surface area (Å²) in [5.74, 6) is -0.783. The van der Waals surface area contributed by atoms with E-state index >= 15 is 0 Å². The number of ether oxygens (including phenoxy) is 2. The molecule has 5 rings (SSSR count). The van der Waals surface area contributed by atoms with E-state index in [9.17, 15) is 18.0 Å². The summed E-state index contributed by atoms with van der Waals surface area (Å²) < 4.78 is 52.5. The number of aromatic nitrogens is 2. The van der Waals surface area contributed by atoms with Crippen molar-refractivity contribution >= 4 is 29.1 Å². The van der Waals surface area contributed by atoms with Gasteiger partial charge in [0, 0.05) is 29.5 Å². The number of hydrogen-bond donors (Lipinski definition) is 3. The Morgan fingerprint density at radius 2 is 1.84 bits per heavy atom. The molecule has 222 valence electrons. The topological polar surface area (TPSA) is 97.4 Å². The molecule has 0 fully saturated rings. The van der Waals surface area contributed by atoms with Crippen LogP contribution in [0.5, 0.6) is 5.75 Å². The number of benzene rings is 3. The number of methoxy groups -OCH3 is 1. The van der Waals surface area contributed by atoms with Crippen molar-refractivity contribution in [2.45, 2.75) is 38.6 Å². The summed E-state index contributed by atoms with van der Waals surface area (Å²) in [4.78, 5) is 20.7. The number of nitrogens with zero attached hydrogens (tertiary/aromatic N) is 2. The molecule has 0 amide bonds. The number of carbonyl (C=O) groups excluding carboxylic acids is 1. The fourth-order valence-electron chi connectivity index (χ4n) is 4.87. The molecule has 3 N–H and O–H groups in total. The Hall–Kier alpha value is -5.06. The molecule has 8 nitrogen and oxygen atoms in total. The maximum absolute atomic E-state index is 13.9. The predicted octanol–water partition coefficient (Wildman–Crippen LogP) is 7.43. The van der Waals surface area contributed by atoms with Gasteiger partial charge in [-0.1, -0.05) is 62.9 Å². The van der Waals surface area contributed by atoms with Gasteiger partial charge in [-0.3, -0.25) is 0 Å². The van der Waals surface area contributed by atoms with E-state index in [0.717, 1.165) is 34.3 Å². The second-order valence-corrected chi connectivity index (χ2v) is 10.5. The summed E-state index contributed by atoms with van der Waals surface area (Å²) >= 11 is 0. The summed E-state index contributed by atoms with van der Waals surface area (Å²) in [6.07, 6.45) is -3.96. The van der Waals surface area contributed by atoms with Gasteiger partial charge in [0.15, 0.2) is 0 Å². The Morgan fingerprint density at radius 1 is 1.07 bits per heavy atom. The van der Waals surface area contributed by atoms with E-state index in [-0.39, 0.29) is 36.2 Å². The quantitative estimate of drug-likeness (QED) is 0.174. The van der Waals surface area contributed by atoms with Gasteiger partial charge in [0.1, 0.15) is 23.7 Å². The lowest BCUT2D eigenvalue weighted by Gasteiger charge is -2.23. The van der Waals surface area contributed by atoms with Crippen LogP contribution in [0.1, 0.15) is 46.5 Å². The van der Waals surface area contributed by atoms with Crippen LogP contribution in [0.2, 0.25) is 0 Å². The van der Waals surface area contributed by atoms with Crippen LogP contribution in [0.3, 0.4) is 0 Å². The zero-order valence-corrected chi connectivity index (χ0v) is 23.8. The largest absolute Gasteiger partial charge is 0.495 e. The number of anilines is 4. The molecule has 0 saturated carbocycles. The van der Waals surface area contributed by atoms with Gasteiger partial charge in [-0.25, -0.2) is 9.78 Å². The number of rotatable bonds is 9. The number of allylic oxidation sites excluding steroid dienone is 1. The normalized spacial score (nSPS) is 13.6. The first-order valence-electron chi connectivity index (χ1n) is 13.4. The molecular weight excluding hydrogens is 559 g/mol. The van der Waals surface area contributed by atoms with Crippen molar-refractivity contribution in [1.82, 2.24) is 9.97 Å². The molecule has 0 atom stereocenters. The van der Waals surface area contributed by atoms with Crippen molar-refractivity contribution < 1.29 is 27.4 Å². The highest BCUT2D eigenvalue weighted by molar-refractivity contribution is 5.91. The number of esters is 1. The number of hydrogen-bond acceptors (Lipinski definition) is 8. The van der Waals surface area contributed by atoms with Gasteiger partial charge in [0.25, 0.3) is 0 Å². The van der Waals surface area contributed by atoms with Crippen LogP contribution >= 0.6 is 0 Å². The second kappa shape index (κ2) is 11.7. The molecule has 0 unspecified atom stereocenters. The third-order valence-corrected chi connectivity index (χ3v) is 7.25. The van der Waals surface area contributed by atoms with Crippen LogP contribution in [-0.4, -0.2) is 23.0 Å². The highest BCUT2D eigenvalue weighted by atomic mass is 19.4. The molecule has 2 heterocycles. The first-order valence-corrected chi connectivity index (χ1v) is 13.4. The maximum Gasteiger partial charge on any atom is 0.421 e. The fraction of sp³-hybridized carbons (Fsp3) is 0.219. The lowest BCUT2D eigenvalue weighted by Crippen LogP contribution is -2.19. The van der Waals surface area contributed by atoms with Gasteiger partial charge in [0.05, 0.1) is 18.4 Å². The minimum atomic E-state index is -4.69. The van der Waals surface area contributed by atoms with Crippen LogP contribution < -0.4 is 20.7 Å². The van der Waals surface area contributed by atoms with Crippen molar-refractivity contribution in [3.63, 3.8) is 0 Å². The van der Waals surface area contributed by atoms with Crippen LogP contribution in [0.25, 0.3) is 0 Å². The number of carbonyl (C=O) groups is 1. The Morgan fingerprint density at radius 3 is 2.56 bits per heavy atom. The Kier molecular flexibility index (Phi) is 7.99. The maximum atomic E-state index is 13.9. The van der Waals surface area contributed by atoms with Crippen LogP contribution in [0.4, 0.5) is 36.3 Å². The highest BCUT2D eigenvalue weighted by Crippen LogP contribution is 2.44. The highest BCUT2D eigenvalue weighted by Gasteiger charge is 2.37. The molecule has 0 saturated heterocycles. The van der Waals surface area contributed by atoms with Crippen LogP contribution in [0.15, 0.2) is 85.2 Å². The Balaban J connectivity index is 1.36. The number of alkyl halides is 3. The summed E-state index contributed by atoms with van der Waals surface area (Å²) in [6, 6.07) is 19.4. The molecule has 0 radical (unpaired) electrons. The molecular formula is C32H30F3N5O3. The third kappa shape index (κ3) is 6.25. The smallest absolute Gasteiger partial charge is 0.421 e. The molecule has 4 aromatic rings.